The van der Waals surface area contributed by atoms with Crippen molar-refractivity contribution in [3.8, 4) is 0 Å². The van der Waals surface area contributed by atoms with E-state index in [1.807, 2.05) is 0 Å². The molecule has 0 saturated carbocycles. The van der Waals surface area contributed by atoms with Crippen molar-refractivity contribution < 1.29 is 19.8 Å². The Bertz CT molecular complexity index is 407. The van der Waals surface area contributed by atoms with Crippen molar-refractivity contribution in [2.45, 2.75) is 19.3 Å². The number of carboxylic acid groups (broad SMARTS) is 2. The first-order chi connectivity index (χ1) is 6.87. The fraction of sp³-hybridized carbons (Fsp3) is 0.273. The molecule has 0 radical (unpaired) electrons. The first-order valence-corrected chi connectivity index (χ1v) is 4.43. The van der Waals surface area contributed by atoms with Gasteiger partial charge in [0.2, 0.25) is 0 Å². The largest absolute Gasteiger partial charge is 0.481 e. The molecule has 0 atom stereocenters. The number of carboxylic acids is 2. The zero-order chi connectivity index (χ0) is 11.6. The van der Waals surface area contributed by atoms with Crippen LogP contribution < -0.4 is 0 Å². The zero-order valence-corrected chi connectivity index (χ0v) is 8.52. The minimum Gasteiger partial charge on any atom is -0.481 e. The van der Waals surface area contributed by atoms with Crippen molar-refractivity contribution in [2.75, 3.05) is 0 Å². The summed E-state index contributed by atoms with van der Waals surface area (Å²) in [5.74, 6) is -2.16. The lowest BCUT2D eigenvalue weighted by Crippen LogP contribution is -2.30. The van der Waals surface area contributed by atoms with Crippen LogP contribution in [0.5, 0.6) is 0 Å². The van der Waals surface area contributed by atoms with Crippen LogP contribution in [0.4, 0.5) is 0 Å². The van der Waals surface area contributed by atoms with Gasteiger partial charge in [-0.15, -0.1) is 0 Å². The molecule has 1 aromatic carbocycles. The van der Waals surface area contributed by atoms with Gasteiger partial charge >= 0.3 is 11.9 Å². The van der Waals surface area contributed by atoms with Gasteiger partial charge in [0.05, 0.1) is 11.0 Å². The van der Waals surface area contributed by atoms with Crippen LogP contribution >= 0.6 is 0 Å². The Labute approximate surface area is 87.2 Å². The van der Waals surface area contributed by atoms with E-state index in [4.69, 9.17) is 10.2 Å². The average Bonchev–Trinajstić information content (AvgIpc) is 2.17. The van der Waals surface area contributed by atoms with Crippen LogP contribution in [-0.2, 0) is 10.2 Å². The summed E-state index contributed by atoms with van der Waals surface area (Å²) in [6.07, 6.45) is 0. The van der Waals surface area contributed by atoms with Gasteiger partial charge in [0.15, 0.2) is 0 Å². The Kier molecular flexibility index (Phi) is 2.79. The molecule has 4 nitrogen and oxygen atoms in total. The van der Waals surface area contributed by atoms with E-state index in [0.717, 1.165) is 0 Å². The SMILES string of the molecule is CC(C)(C(=O)O)c1ccccc1C(=O)O. The van der Waals surface area contributed by atoms with Gasteiger partial charge in [-0.3, -0.25) is 4.79 Å². The lowest BCUT2D eigenvalue weighted by molar-refractivity contribution is -0.142. The highest BCUT2D eigenvalue weighted by Crippen LogP contribution is 2.26. The summed E-state index contributed by atoms with van der Waals surface area (Å²) < 4.78 is 0. The van der Waals surface area contributed by atoms with Crippen molar-refractivity contribution in [1.82, 2.24) is 0 Å². The highest BCUT2D eigenvalue weighted by molar-refractivity contribution is 5.93. The monoisotopic (exact) mass is 208 g/mol. The molecule has 0 aromatic heterocycles. The van der Waals surface area contributed by atoms with Crippen LogP contribution in [-0.4, -0.2) is 22.2 Å². The van der Waals surface area contributed by atoms with Crippen LogP contribution in [0.3, 0.4) is 0 Å². The van der Waals surface area contributed by atoms with Crippen LogP contribution in [0.15, 0.2) is 24.3 Å². The molecule has 0 aliphatic heterocycles. The molecule has 2 N–H and O–H groups in total. The molecule has 0 amide bonds. The molecule has 0 saturated heterocycles. The highest BCUT2D eigenvalue weighted by Gasteiger charge is 2.32. The summed E-state index contributed by atoms with van der Waals surface area (Å²) in [6, 6.07) is 6.14. The average molecular weight is 208 g/mol. The van der Waals surface area contributed by atoms with E-state index in [1.54, 1.807) is 12.1 Å². The van der Waals surface area contributed by atoms with Gasteiger partial charge in [-0.2, -0.15) is 0 Å². The van der Waals surface area contributed by atoms with E-state index >= 15 is 0 Å². The molecule has 0 heterocycles. The molecule has 80 valence electrons. The van der Waals surface area contributed by atoms with Crippen molar-refractivity contribution in [3.05, 3.63) is 35.4 Å². The minimum absolute atomic E-state index is 0.0323. The number of hydrogen-bond donors (Lipinski definition) is 2. The number of carbonyl (C=O) groups is 2. The van der Waals surface area contributed by atoms with Gasteiger partial charge < -0.3 is 10.2 Å². The molecule has 1 rings (SSSR count). The van der Waals surface area contributed by atoms with Crippen molar-refractivity contribution in [3.63, 3.8) is 0 Å². The summed E-state index contributed by atoms with van der Waals surface area (Å²) >= 11 is 0. The van der Waals surface area contributed by atoms with E-state index in [9.17, 15) is 9.59 Å². The van der Waals surface area contributed by atoms with E-state index in [1.165, 1.54) is 26.0 Å². The summed E-state index contributed by atoms with van der Waals surface area (Å²) in [7, 11) is 0. The van der Waals surface area contributed by atoms with E-state index < -0.39 is 17.4 Å². The molecular formula is C11H12O4. The van der Waals surface area contributed by atoms with Crippen molar-refractivity contribution in [1.29, 1.82) is 0 Å². The second-order valence-corrected chi connectivity index (χ2v) is 3.78. The number of aliphatic carboxylic acids is 1. The maximum atomic E-state index is 11.0. The van der Waals surface area contributed by atoms with Crippen LogP contribution in [0, 0.1) is 0 Å². The normalized spacial score (nSPS) is 11.1. The Morgan fingerprint density at radius 1 is 1.13 bits per heavy atom. The second kappa shape index (κ2) is 3.73. The van der Waals surface area contributed by atoms with E-state index in [0.29, 0.717) is 5.56 Å². The topological polar surface area (TPSA) is 74.6 Å². The van der Waals surface area contributed by atoms with Gasteiger partial charge in [-0.05, 0) is 25.5 Å². The van der Waals surface area contributed by atoms with Crippen molar-refractivity contribution in [2.24, 2.45) is 0 Å². The molecule has 1 aromatic rings. The Morgan fingerprint density at radius 3 is 2.13 bits per heavy atom. The number of hydrogen-bond acceptors (Lipinski definition) is 2. The van der Waals surface area contributed by atoms with Gasteiger partial charge in [-0.1, -0.05) is 18.2 Å². The molecule has 0 aliphatic carbocycles. The van der Waals surface area contributed by atoms with E-state index in [-0.39, 0.29) is 5.56 Å². The molecule has 4 heteroatoms. The van der Waals surface area contributed by atoms with Crippen LogP contribution in [0.1, 0.15) is 29.8 Å². The summed E-state index contributed by atoms with van der Waals surface area (Å²) in [6.45, 7) is 2.97. The lowest BCUT2D eigenvalue weighted by Gasteiger charge is -2.21. The summed E-state index contributed by atoms with van der Waals surface area (Å²) in [5.41, 5.74) is -0.857. The number of rotatable bonds is 3. The molecule has 0 spiro atoms. The third-order valence-corrected chi connectivity index (χ3v) is 2.37. The maximum absolute atomic E-state index is 11.0. The quantitative estimate of drug-likeness (QED) is 0.793. The Balaban J connectivity index is 3.37. The van der Waals surface area contributed by atoms with Crippen molar-refractivity contribution >= 4 is 11.9 Å². The molecular weight excluding hydrogens is 196 g/mol. The maximum Gasteiger partial charge on any atom is 0.335 e. The highest BCUT2D eigenvalue weighted by atomic mass is 16.4. The van der Waals surface area contributed by atoms with Crippen LogP contribution in [0.25, 0.3) is 0 Å². The predicted octanol–water partition coefficient (Wildman–Crippen LogP) is 1.75. The third kappa shape index (κ3) is 1.98. The predicted molar refractivity (Wildman–Crippen MR) is 54.1 cm³/mol. The van der Waals surface area contributed by atoms with Crippen LogP contribution in [0.2, 0.25) is 0 Å². The first-order valence-electron chi connectivity index (χ1n) is 4.43. The van der Waals surface area contributed by atoms with Gasteiger partial charge in [-0.25, -0.2) is 4.79 Å². The molecule has 0 bridgehead atoms. The molecule has 15 heavy (non-hydrogen) atoms. The zero-order valence-electron chi connectivity index (χ0n) is 8.52. The van der Waals surface area contributed by atoms with Gasteiger partial charge in [0.25, 0.3) is 0 Å². The summed E-state index contributed by atoms with van der Waals surface area (Å²) in [4.78, 5) is 21.9. The Hall–Kier alpha value is -1.84. The fourth-order valence-corrected chi connectivity index (χ4v) is 1.33. The Morgan fingerprint density at radius 2 is 1.67 bits per heavy atom. The summed E-state index contributed by atoms with van der Waals surface area (Å²) in [5, 5.41) is 17.9. The van der Waals surface area contributed by atoms with E-state index in [2.05, 4.69) is 0 Å². The standard InChI is InChI=1S/C11H12O4/c1-11(2,10(14)15)8-6-4-3-5-7(8)9(12)13/h3-6H,1-2H3,(H,12,13)(H,14,15). The lowest BCUT2D eigenvalue weighted by atomic mass is 9.82. The fourth-order valence-electron chi connectivity index (χ4n) is 1.33. The smallest absolute Gasteiger partial charge is 0.335 e. The minimum atomic E-state index is -1.20. The number of benzene rings is 1. The molecule has 0 fully saturated rings. The van der Waals surface area contributed by atoms with Gasteiger partial charge in [0.1, 0.15) is 0 Å². The second-order valence-electron chi connectivity index (χ2n) is 3.78. The molecule has 0 unspecified atom stereocenters. The third-order valence-electron chi connectivity index (χ3n) is 2.37. The molecule has 0 aliphatic rings. The first kappa shape index (κ1) is 11.2. The van der Waals surface area contributed by atoms with Gasteiger partial charge in [0, 0.05) is 0 Å². The number of aromatic carboxylic acids is 1.